The van der Waals surface area contributed by atoms with E-state index in [9.17, 15) is 4.79 Å². The summed E-state index contributed by atoms with van der Waals surface area (Å²) in [5, 5.41) is 1.30. The number of halogens is 1. The molecule has 1 atom stereocenters. The topological polar surface area (TPSA) is 57.3 Å². The first-order chi connectivity index (χ1) is 12.2. The lowest BCUT2D eigenvalue weighted by atomic mass is 10.2. The number of ether oxygens (including phenoxy) is 1. The number of hydrogen-bond donors (Lipinski definition) is 0. The largest absolute Gasteiger partial charge is 0.467 e. The molecule has 130 valence electrons. The van der Waals surface area contributed by atoms with Crippen molar-refractivity contribution in [2.24, 2.45) is 0 Å². The number of nitrogens with zero attached hydrogens (tertiary/aromatic N) is 2. The van der Waals surface area contributed by atoms with Crippen LogP contribution in [0.3, 0.4) is 0 Å². The summed E-state index contributed by atoms with van der Waals surface area (Å²) in [6.07, 6.45) is 4.02. The van der Waals surface area contributed by atoms with Gasteiger partial charge in [0, 0.05) is 16.8 Å². The minimum Gasteiger partial charge on any atom is -0.467 e. The number of thioether (sulfide) groups is 1. The number of fused-ring (bicyclic) bond motifs is 1. The summed E-state index contributed by atoms with van der Waals surface area (Å²) >= 11 is 5.00. The van der Waals surface area contributed by atoms with Crippen molar-refractivity contribution in [3.8, 4) is 0 Å². The zero-order valence-corrected chi connectivity index (χ0v) is 15.9. The van der Waals surface area contributed by atoms with Crippen molar-refractivity contribution < 1.29 is 9.15 Å². The van der Waals surface area contributed by atoms with E-state index in [0.717, 1.165) is 35.4 Å². The molecule has 25 heavy (non-hydrogen) atoms. The second-order valence-electron chi connectivity index (χ2n) is 5.97. The van der Waals surface area contributed by atoms with E-state index in [1.807, 2.05) is 30.3 Å². The van der Waals surface area contributed by atoms with E-state index in [4.69, 9.17) is 14.1 Å². The molecular weight excluding hydrogens is 404 g/mol. The third kappa shape index (κ3) is 3.68. The Hall–Kier alpha value is -1.57. The zero-order chi connectivity index (χ0) is 17.2. The maximum atomic E-state index is 13.0. The van der Waals surface area contributed by atoms with Crippen molar-refractivity contribution in [1.82, 2.24) is 9.55 Å². The Kier molecular flexibility index (Phi) is 4.96. The first kappa shape index (κ1) is 16.9. The minimum absolute atomic E-state index is 0.0578. The summed E-state index contributed by atoms with van der Waals surface area (Å²) in [6.45, 7) is 1.19. The quantitative estimate of drug-likeness (QED) is 0.459. The molecule has 5 nitrogen and oxygen atoms in total. The number of aromatic nitrogens is 2. The molecule has 3 heterocycles. The van der Waals surface area contributed by atoms with Crippen LogP contribution in [-0.2, 0) is 11.3 Å². The van der Waals surface area contributed by atoms with Crippen molar-refractivity contribution in [2.75, 3.05) is 12.4 Å². The van der Waals surface area contributed by atoms with Gasteiger partial charge in [0.1, 0.15) is 5.76 Å². The first-order valence-electron chi connectivity index (χ1n) is 8.17. The number of furan rings is 1. The first-order valence-corrected chi connectivity index (χ1v) is 9.95. The van der Waals surface area contributed by atoms with Crippen LogP contribution in [-0.4, -0.2) is 28.0 Å². The van der Waals surface area contributed by atoms with E-state index < -0.39 is 0 Å². The van der Waals surface area contributed by atoms with E-state index in [0.29, 0.717) is 22.6 Å². The smallest absolute Gasteiger partial charge is 0.262 e. The Morgan fingerprint density at radius 3 is 3.04 bits per heavy atom. The van der Waals surface area contributed by atoms with Crippen LogP contribution in [0.5, 0.6) is 0 Å². The molecule has 3 aromatic rings. The normalized spacial score (nSPS) is 17.4. The van der Waals surface area contributed by atoms with Crippen molar-refractivity contribution in [1.29, 1.82) is 0 Å². The Morgan fingerprint density at radius 1 is 1.36 bits per heavy atom. The van der Waals surface area contributed by atoms with Crippen LogP contribution >= 0.6 is 27.7 Å². The second kappa shape index (κ2) is 7.35. The predicted octanol–water partition coefficient (Wildman–Crippen LogP) is 4.07. The number of benzene rings is 1. The number of rotatable bonds is 5. The lowest BCUT2D eigenvalue weighted by Gasteiger charge is -2.14. The average molecular weight is 421 g/mol. The van der Waals surface area contributed by atoms with Crippen molar-refractivity contribution in [3.63, 3.8) is 0 Å². The number of hydrogen-bond acceptors (Lipinski definition) is 5. The van der Waals surface area contributed by atoms with E-state index in [1.165, 1.54) is 0 Å². The van der Waals surface area contributed by atoms with Gasteiger partial charge in [-0.2, -0.15) is 0 Å². The summed E-state index contributed by atoms with van der Waals surface area (Å²) in [7, 11) is 0. The van der Waals surface area contributed by atoms with Crippen LogP contribution in [0.25, 0.3) is 10.9 Å². The summed E-state index contributed by atoms with van der Waals surface area (Å²) in [5.74, 6) is 1.53. The van der Waals surface area contributed by atoms with Gasteiger partial charge in [0.25, 0.3) is 5.56 Å². The summed E-state index contributed by atoms with van der Waals surface area (Å²) < 4.78 is 13.7. The van der Waals surface area contributed by atoms with Crippen LogP contribution in [0.4, 0.5) is 0 Å². The van der Waals surface area contributed by atoms with Gasteiger partial charge in [0.05, 0.1) is 29.8 Å². The Balaban J connectivity index is 1.74. The van der Waals surface area contributed by atoms with Crippen LogP contribution in [0, 0.1) is 0 Å². The minimum atomic E-state index is -0.0578. The summed E-state index contributed by atoms with van der Waals surface area (Å²) in [5.41, 5.74) is 0.649. The highest BCUT2D eigenvalue weighted by Gasteiger charge is 2.19. The molecule has 0 spiro atoms. The molecule has 1 aliphatic rings. The molecular formula is C18H17BrN2O3S. The molecule has 7 heteroatoms. The van der Waals surface area contributed by atoms with Gasteiger partial charge in [-0.25, -0.2) is 4.98 Å². The maximum Gasteiger partial charge on any atom is 0.262 e. The van der Waals surface area contributed by atoms with E-state index >= 15 is 0 Å². The molecule has 0 N–H and O–H groups in total. The van der Waals surface area contributed by atoms with Crippen molar-refractivity contribution in [2.45, 2.75) is 30.6 Å². The average Bonchev–Trinajstić information content (AvgIpc) is 3.30. The third-order valence-corrected chi connectivity index (χ3v) is 5.80. The highest BCUT2D eigenvalue weighted by Crippen LogP contribution is 2.25. The molecule has 0 bridgehead atoms. The zero-order valence-electron chi connectivity index (χ0n) is 13.5. The van der Waals surface area contributed by atoms with Gasteiger partial charge >= 0.3 is 0 Å². The second-order valence-corrected chi connectivity index (χ2v) is 7.88. The fourth-order valence-electron chi connectivity index (χ4n) is 2.92. The fraction of sp³-hybridized carbons (Fsp3) is 0.333. The maximum absolute atomic E-state index is 13.0. The van der Waals surface area contributed by atoms with Gasteiger partial charge in [0.2, 0.25) is 0 Å². The molecule has 0 amide bonds. The molecule has 2 aromatic heterocycles. The van der Waals surface area contributed by atoms with Crippen LogP contribution in [0.15, 0.2) is 55.4 Å². The molecule has 0 unspecified atom stereocenters. The van der Waals surface area contributed by atoms with Crippen LogP contribution in [0.2, 0.25) is 0 Å². The molecule has 0 saturated carbocycles. The highest BCUT2D eigenvalue weighted by molar-refractivity contribution is 9.10. The van der Waals surface area contributed by atoms with Crippen molar-refractivity contribution >= 4 is 38.6 Å². The summed E-state index contributed by atoms with van der Waals surface area (Å²) in [4.78, 5) is 17.8. The predicted molar refractivity (Wildman–Crippen MR) is 101 cm³/mol. The molecule has 1 fully saturated rings. The lowest BCUT2D eigenvalue weighted by molar-refractivity contribution is 0.129. The van der Waals surface area contributed by atoms with Gasteiger partial charge in [-0.1, -0.05) is 27.7 Å². The van der Waals surface area contributed by atoms with E-state index in [-0.39, 0.29) is 11.7 Å². The fourth-order valence-corrected chi connectivity index (χ4v) is 4.35. The van der Waals surface area contributed by atoms with E-state index in [2.05, 4.69) is 15.9 Å². The van der Waals surface area contributed by atoms with Gasteiger partial charge in [0.15, 0.2) is 5.16 Å². The summed E-state index contributed by atoms with van der Waals surface area (Å²) in [6, 6.07) is 9.28. The molecule has 0 aliphatic carbocycles. The SMILES string of the molecule is O=c1c2cc(Br)ccc2nc(SC[C@@H]2CCCO2)n1Cc1ccco1. The van der Waals surface area contributed by atoms with Crippen LogP contribution in [0.1, 0.15) is 18.6 Å². The molecule has 4 rings (SSSR count). The Bertz CT molecular complexity index is 933. The van der Waals surface area contributed by atoms with Gasteiger partial charge in [-0.05, 0) is 43.2 Å². The van der Waals surface area contributed by atoms with Gasteiger partial charge in [-0.3, -0.25) is 9.36 Å². The molecule has 1 saturated heterocycles. The highest BCUT2D eigenvalue weighted by atomic mass is 79.9. The molecule has 1 aromatic carbocycles. The Labute approximate surface area is 157 Å². The molecule has 1 aliphatic heterocycles. The Morgan fingerprint density at radius 2 is 2.28 bits per heavy atom. The third-order valence-electron chi connectivity index (χ3n) is 4.20. The van der Waals surface area contributed by atoms with E-state index in [1.54, 1.807) is 22.6 Å². The van der Waals surface area contributed by atoms with Crippen LogP contribution < -0.4 is 5.56 Å². The molecule has 0 radical (unpaired) electrons. The van der Waals surface area contributed by atoms with Gasteiger partial charge in [-0.15, -0.1) is 0 Å². The van der Waals surface area contributed by atoms with Gasteiger partial charge < -0.3 is 9.15 Å². The lowest BCUT2D eigenvalue weighted by Crippen LogP contribution is -2.24. The standard InChI is InChI=1S/C18H17BrN2O3S/c19-12-5-6-16-15(9-12)17(22)21(10-13-3-1-7-23-13)18(20-16)25-11-14-4-2-8-24-14/h1,3,5-7,9,14H,2,4,8,10-11H2/t14-/m0/s1. The van der Waals surface area contributed by atoms with Crippen molar-refractivity contribution in [3.05, 3.63) is 57.2 Å². The monoisotopic (exact) mass is 420 g/mol.